The molecule has 10 heavy (non-hydrogen) atoms. The van der Waals surface area contributed by atoms with Crippen LogP contribution in [0, 0.1) is 0 Å². The Morgan fingerprint density at radius 1 is 0.600 bits per heavy atom. The quantitative estimate of drug-likeness (QED) is 0.323. The molecule has 0 aromatic rings. The fourth-order valence-corrected chi connectivity index (χ4v) is 0. The first kappa shape index (κ1) is 56.2. The molecule has 0 aliphatic heterocycles. The van der Waals surface area contributed by atoms with Crippen LogP contribution in [0.3, 0.4) is 0 Å². The van der Waals surface area contributed by atoms with Crippen molar-refractivity contribution in [3.63, 3.8) is 0 Å². The molecule has 0 bridgehead atoms. The smallest absolute Gasteiger partial charge is 0.369 e. The molecule has 77 valence electrons. The molecule has 0 aliphatic rings. The summed E-state index contributed by atoms with van der Waals surface area (Å²) in [6, 6.07) is 0. The minimum Gasteiger partial charge on any atom is -0.369 e. The Kier molecular flexibility index (Phi) is 241. The third kappa shape index (κ3) is 173. The van der Waals surface area contributed by atoms with E-state index in [-0.39, 0.29) is 55.7 Å². The maximum Gasteiger partial charge on any atom is -0.369 e. The molecule has 0 aromatic heterocycles. The number of hydrogen-bond acceptors (Lipinski definition) is 0. The molecule has 0 saturated carbocycles. The summed E-state index contributed by atoms with van der Waals surface area (Å²) in [7, 11) is 14.9. The van der Waals surface area contributed by atoms with Gasteiger partial charge >= 0.3 is 42.1 Å². The van der Waals surface area contributed by atoms with Gasteiger partial charge in [-0.1, -0.05) is 0 Å². The van der Waals surface area contributed by atoms with Crippen LogP contribution in [0.5, 0.6) is 0 Å². The maximum absolute atomic E-state index is 4.98. The van der Waals surface area contributed by atoms with Crippen LogP contribution in [-0.2, 0) is 13.2 Å². The van der Waals surface area contributed by atoms with Gasteiger partial charge in [0.25, 0.3) is 0 Å². The van der Waals surface area contributed by atoms with Crippen LogP contribution in [-0.4, -0.2) is 0 Å². The van der Waals surface area contributed by atoms with Gasteiger partial charge in [0.2, 0.25) is 0 Å². The van der Waals surface area contributed by atoms with Crippen LogP contribution in [0.2, 0.25) is 0 Å². The van der Waals surface area contributed by atoms with Crippen molar-refractivity contribution in [1.29, 1.82) is 0 Å². The van der Waals surface area contributed by atoms with Gasteiger partial charge in [0.05, 0.1) is 0 Å². The minimum atomic E-state index is -1.98. The first-order valence-corrected chi connectivity index (χ1v) is 9.84. The van der Waals surface area contributed by atoms with Gasteiger partial charge in [-0.15, -0.1) is 0 Å². The van der Waals surface area contributed by atoms with Crippen molar-refractivity contribution in [2.45, 2.75) is 0 Å². The van der Waals surface area contributed by atoms with Gasteiger partial charge in [0.15, 0.2) is 0 Å². The van der Waals surface area contributed by atoms with Gasteiger partial charge in [0, 0.05) is 0 Å². The van der Waals surface area contributed by atoms with E-state index in [2.05, 4.69) is 0 Å². The van der Waals surface area contributed by atoms with Gasteiger partial charge in [-0.05, 0) is 0 Å². The van der Waals surface area contributed by atoms with E-state index in [1.165, 1.54) is 0 Å². The minimum absolute atomic E-state index is 0. The molecule has 3 nitrogen and oxygen atoms in total. The summed E-state index contributed by atoms with van der Waals surface area (Å²) in [5, 5.41) is 0. The number of halogens is 6. The second-order valence-corrected chi connectivity index (χ2v) is 11.2. The van der Waals surface area contributed by atoms with Crippen LogP contribution < -0.4 is 55.7 Å². The molecule has 0 radical (unpaired) electrons. The molecule has 0 heterocycles. The Balaban J connectivity index is -0.00000000300. The molecular weight excluding hydrogens is 445 g/mol. The van der Waals surface area contributed by atoms with Crippen LogP contribution in [0.25, 0.3) is 0 Å². The fourth-order valence-electron chi connectivity index (χ4n) is 0. The van der Waals surface area contributed by atoms with Gasteiger partial charge in [0.1, 0.15) is 0 Å². The van der Waals surface area contributed by atoms with E-state index >= 15 is 0 Å². The maximum atomic E-state index is 4.98. The predicted molar refractivity (Wildman–Crippen MR) is 35.5 cm³/mol. The third-order valence-corrected chi connectivity index (χ3v) is 0. The molecule has 0 aliphatic carbocycles. The van der Waals surface area contributed by atoms with E-state index in [1.54, 1.807) is 0 Å². The van der Waals surface area contributed by atoms with Crippen LogP contribution in [0.4, 0.5) is 0 Å². The Morgan fingerprint density at radius 2 is 0.600 bits per heavy atom. The molecule has 10 heteroatoms. The molecular formula is H12Cl6N3Os. The van der Waals surface area contributed by atoms with E-state index in [0.29, 0.717) is 0 Å². The predicted octanol–water partition coefficient (Wildman–Crippen LogP) is -5.79. The molecule has 0 atom stereocenters. The van der Waals surface area contributed by atoms with Gasteiger partial charge < -0.3 is 55.7 Å². The second-order valence-electron chi connectivity index (χ2n) is 0.152. The first-order valence-electron chi connectivity index (χ1n) is 0.401. The zero-order chi connectivity index (χ0) is 3.58. The number of hydrogen-bond donors (Lipinski definition) is 3. The van der Waals surface area contributed by atoms with E-state index in [4.69, 9.17) is 28.9 Å². The standard InChI is InChI=1S/6ClH.3H3N.Os/h6*1H;3*1H3;/q;;;;;;;;;+3/p-3. The van der Waals surface area contributed by atoms with Gasteiger partial charge in [-0.2, -0.15) is 0 Å². The molecule has 0 fully saturated rings. The second kappa shape index (κ2) is 42.9. The van der Waals surface area contributed by atoms with E-state index < -0.39 is 13.2 Å². The molecule has 0 saturated heterocycles. The van der Waals surface area contributed by atoms with Crippen molar-refractivity contribution >= 4 is 28.9 Å². The fraction of sp³-hybridized carbons (Fsp3) is 0. The molecule has 0 rings (SSSR count). The topological polar surface area (TPSA) is 110 Å². The monoisotopic (exact) mass is 456 g/mol. The average Bonchev–Trinajstić information content (AvgIpc) is 0.811. The van der Waals surface area contributed by atoms with Crippen molar-refractivity contribution in [2.75, 3.05) is 0 Å². The van der Waals surface area contributed by atoms with Crippen molar-refractivity contribution in [1.82, 2.24) is 18.5 Å². The zero-order valence-electron chi connectivity index (χ0n) is 5.62. The molecule has 12 N–H and O–H groups in total. The average molecular weight is 457 g/mol. The molecule has 0 unspecified atom stereocenters. The van der Waals surface area contributed by atoms with E-state index in [9.17, 15) is 0 Å². The Morgan fingerprint density at radius 3 is 0.600 bits per heavy atom. The van der Waals surface area contributed by atoms with Crippen molar-refractivity contribution in [2.24, 2.45) is 0 Å². The summed E-state index contributed by atoms with van der Waals surface area (Å²) in [5.74, 6) is 0. The molecule has 0 amide bonds. The third-order valence-electron chi connectivity index (χ3n) is 0. The van der Waals surface area contributed by atoms with Crippen LogP contribution in [0.1, 0.15) is 0 Å². The van der Waals surface area contributed by atoms with Crippen molar-refractivity contribution in [3.8, 4) is 0 Å². The van der Waals surface area contributed by atoms with Gasteiger partial charge in [-0.3, -0.25) is 0 Å². The zero-order valence-corrected chi connectivity index (χ0v) is 12.7. The van der Waals surface area contributed by atoms with E-state index in [0.717, 1.165) is 0 Å². The van der Waals surface area contributed by atoms with Gasteiger partial charge in [-0.25, -0.2) is 0 Å². The summed E-state index contributed by atoms with van der Waals surface area (Å²) in [4.78, 5) is 0. The molecule has 0 aromatic carbocycles. The van der Waals surface area contributed by atoms with Crippen molar-refractivity contribution in [3.05, 3.63) is 0 Å². The summed E-state index contributed by atoms with van der Waals surface area (Å²) >= 11 is -1.98. The Hall–Kier alpha value is 2.26. The Labute approximate surface area is 97.0 Å². The number of rotatable bonds is 0. The normalized spacial score (nSPS) is 4.50. The number of quaternary nitrogens is 3. The first-order chi connectivity index (χ1) is 1.73. The van der Waals surface area contributed by atoms with Crippen LogP contribution >= 0.6 is 28.9 Å². The summed E-state index contributed by atoms with van der Waals surface area (Å²) < 4.78 is 0. The summed E-state index contributed by atoms with van der Waals surface area (Å²) in [6.45, 7) is 0. The Bertz CT molecular complexity index is 17.7. The van der Waals surface area contributed by atoms with Crippen molar-refractivity contribution < 1.29 is 50.4 Å². The largest absolute Gasteiger partial charge is 0.369 e. The summed E-state index contributed by atoms with van der Waals surface area (Å²) in [6.07, 6.45) is 0. The SMILES string of the molecule is [Cl-].[Cl-].[Cl-].[Cl][Os]([Cl])[Cl].[NH4+].[NH4+].[NH4+]. The van der Waals surface area contributed by atoms with E-state index in [1.807, 2.05) is 0 Å². The summed E-state index contributed by atoms with van der Waals surface area (Å²) in [5.41, 5.74) is 0. The van der Waals surface area contributed by atoms with Crippen LogP contribution in [0.15, 0.2) is 0 Å². The molecule has 0 spiro atoms.